The highest BCUT2D eigenvalue weighted by atomic mass is 19.1. The number of aryl methyl sites for hydroxylation is 1. The average molecular weight is 393 g/mol. The average Bonchev–Trinajstić information content (AvgIpc) is 3.29. The van der Waals surface area contributed by atoms with E-state index in [0.29, 0.717) is 12.2 Å². The first kappa shape index (κ1) is 18.8. The van der Waals surface area contributed by atoms with Crippen LogP contribution in [0.3, 0.4) is 0 Å². The third-order valence-electron chi connectivity index (χ3n) is 4.99. The van der Waals surface area contributed by atoms with Crippen molar-refractivity contribution in [3.63, 3.8) is 0 Å². The minimum atomic E-state index is -0.475. The fourth-order valence-corrected chi connectivity index (χ4v) is 3.43. The van der Waals surface area contributed by atoms with Gasteiger partial charge in [-0.15, -0.1) is 0 Å². The zero-order chi connectivity index (χ0) is 20.4. The van der Waals surface area contributed by atoms with Gasteiger partial charge in [-0.3, -0.25) is 19.3 Å². The van der Waals surface area contributed by atoms with E-state index in [1.807, 2.05) is 25.2 Å². The Labute approximate surface area is 167 Å². The van der Waals surface area contributed by atoms with Crippen molar-refractivity contribution >= 4 is 17.5 Å². The van der Waals surface area contributed by atoms with Gasteiger partial charge in [-0.25, -0.2) is 4.39 Å². The van der Waals surface area contributed by atoms with Crippen LogP contribution in [0.4, 0.5) is 10.1 Å². The molecule has 0 aliphatic carbocycles. The van der Waals surface area contributed by atoms with E-state index in [1.54, 1.807) is 29.2 Å². The number of anilines is 1. The molecule has 148 valence electrons. The normalized spacial score (nSPS) is 16.3. The molecule has 1 aliphatic heterocycles. The molecule has 0 spiro atoms. The van der Waals surface area contributed by atoms with Gasteiger partial charge in [-0.05, 0) is 36.4 Å². The van der Waals surface area contributed by atoms with Gasteiger partial charge in [0, 0.05) is 43.7 Å². The zero-order valence-corrected chi connectivity index (χ0v) is 15.9. The van der Waals surface area contributed by atoms with E-state index in [2.05, 4.69) is 15.4 Å². The van der Waals surface area contributed by atoms with E-state index in [9.17, 15) is 14.0 Å². The molecule has 2 aromatic heterocycles. The molecule has 0 unspecified atom stereocenters. The van der Waals surface area contributed by atoms with Crippen LogP contribution < -0.4 is 10.2 Å². The van der Waals surface area contributed by atoms with E-state index in [0.717, 1.165) is 17.0 Å². The van der Waals surface area contributed by atoms with Gasteiger partial charge < -0.3 is 10.2 Å². The van der Waals surface area contributed by atoms with Crippen molar-refractivity contribution < 1.29 is 14.0 Å². The number of amides is 2. The number of aromatic nitrogens is 3. The van der Waals surface area contributed by atoms with Crippen LogP contribution in [0.15, 0.2) is 54.9 Å². The quantitative estimate of drug-likeness (QED) is 0.721. The molecule has 4 rings (SSSR count). The molecule has 1 aliphatic rings. The lowest BCUT2D eigenvalue weighted by Gasteiger charge is -2.16. The summed E-state index contributed by atoms with van der Waals surface area (Å²) in [4.78, 5) is 30.4. The summed E-state index contributed by atoms with van der Waals surface area (Å²) in [5, 5.41) is 7.34. The Morgan fingerprint density at radius 3 is 2.90 bits per heavy atom. The largest absolute Gasteiger partial charge is 0.350 e. The Morgan fingerprint density at radius 2 is 2.14 bits per heavy atom. The molecule has 1 saturated heterocycles. The smallest absolute Gasteiger partial charge is 0.227 e. The van der Waals surface area contributed by atoms with Crippen LogP contribution in [-0.2, 0) is 23.2 Å². The maximum absolute atomic E-state index is 13.4. The molecular formula is C21H20FN5O2. The molecule has 2 amide bonds. The monoisotopic (exact) mass is 393 g/mol. The van der Waals surface area contributed by atoms with Gasteiger partial charge in [0.15, 0.2) is 0 Å². The second kappa shape index (κ2) is 7.83. The number of benzene rings is 1. The van der Waals surface area contributed by atoms with Crippen LogP contribution in [0, 0.1) is 11.7 Å². The zero-order valence-electron chi connectivity index (χ0n) is 15.9. The van der Waals surface area contributed by atoms with Gasteiger partial charge in [0.05, 0.1) is 23.9 Å². The van der Waals surface area contributed by atoms with Crippen LogP contribution in [0.25, 0.3) is 11.3 Å². The number of nitrogens with zero attached hydrogens (tertiary/aromatic N) is 4. The van der Waals surface area contributed by atoms with Gasteiger partial charge in [0.2, 0.25) is 11.8 Å². The summed E-state index contributed by atoms with van der Waals surface area (Å²) >= 11 is 0. The lowest BCUT2D eigenvalue weighted by atomic mass is 10.1. The van der Waals surface area contributed by atoms with Crippen molar-refractivity contribution in [2.45, 2.75) is 13.0 Å². The predicted octanol–water partition coefficient (Wildman–Crippen LogP) is 2.29. The second-order valence-electron chi connectivity index (χ2n) is 6.99. The Balaban J connectivity index is 1.39. The molecule has 1 fully saturated rings. The van der Waals surface area contributed by atoms with Gasteiger partial charge in [0.1, 0.15) is 5.82 Å². The Bertz CT molecular complexity index is 1050. The van der Waals surface area contributed by atoms with Crippen molar-refractivity contribution in [2.75, 3.05) is 11.4 Å². The van der Waals surface area contributed by atoms with Crippen molar-refractivity contribution in [1.29, 1.82) is 0 Å². The van der Waals surface area contributed by atoms with E-state index in [4.69, 9.17) is 0 Å². The number of hydrogen-bond donors (Lipinski definition) is 1. The standard InChI is InChI=1S/C21H20FN5O2/c1-26-18(10-19(25-26)14-4-3-7-23-11-14)12-24-21(29)15-8-20(28)27(13-15)17-6-2-5-16(22)9-17/h2-7,9-11,15H,8,12-13H2,1H3,(H,24,29)/t15-/m0/s1. The van der Waals surface area contributed by atoms with E-state index >= 15 is 0 Å². The third kappa shape index (κ3) is 4.01. The maximum atomic E-state index is 13.4. The Kier molecular flexibility index (Phi) is 5.07. The highest BCUT2D eigenvalue weighted by Gasteiger charge is 2.35. The number of hydrogen-bond acceptors (Lipinski definition) is 4. The molecule has 7 nitrogen and oxygen atoms in total. The van der Waals surface area contributed by atoms with E-state index in [-0.39, 0.29) is 24.8 Å². The summed E-state index contributed by atoms with van der Waals surface area (Å²) in [6.07, 6.45) is 3.54. The van der Waals surface area contributed by atoms with Crippen LogP contribution in [0.2, 0.25) is 0 Å². The molecule has 1 N–H and O–H groups in total. The lowest BCUT2D eigenvalue weighted by molar-refractivity contribution is -0.126. The Morgan fingerprint density at radius 1 is 1.28 bits per heavy atom. The molecule has 1 atom stereocenters. The molecule has 8 heteroatoms. The van der Waals surface area contributed by atoms with Crippen LogP contribution >= 0.6 is 0 Å². The highest BCUT2D eigenvalue weighted by molar-refractivity contribution is 6.00. The van der Waals surface area contributed by atoms with E-state index in [1.165, 1.54) is 17.0 Å². The topological polar surface area (TPSA) is 80.1 Å². The first-order valence-corrected chi connectivity index (χ1v) is 9.28. The minimum Gasteiger partial charge on any atom is -0.350 e. The summed E-state index contributed by atoms with van der Waals surface area (Å²) in [7, 11) is 1.81. The van der Waals surface area contributed by atoms with Crippen molar-refractivity contribution in [3.8, 4) is 11.3 Å². The van der Waals surface area contributed by atoms with E-state index < -0.39 is 11.7 Å². The first-order valence-electron chi connectivity index (χ1n) is 9.28. The lowest BCUT2D eigenvalue weighted by Crippen LogP contribution is -2.33. The number of pyridine rings is 1. The van der Waals surface area contributed by atoms with Crippen LogP contribution in [0.1, 0.15) is 12.1 Å². The summed E-state index contributed by atoms with van der Waals surface area (Å²) < 4.78 is 15.2. The molecule has 0 saturated carbocycles. The van der Waals surface area contributed by atoms with Gasteiger partial charge in [-0.1, -0.05) is 6.07 Å². The first-order chi connectivity index (χ1) is 14.0. The minimum absolute atomic E-state index is 0.106. The molecule has 1 aromatic carbocycles. The Hall–Kier alpha value is -3.55. The molecular weight excluding hydrogens is 373 g/mol. The number of nitrogens with one attached hydrogen (secondary N) is 1. The molecule has 3 heterocycles. The number of carbonyl (C=O) groups is 2. The summed E-state index contributed by atoms with van der Waals surface area (Å²) in [6.45, 7) is 0.535. The summed E-state index contributed by atoms with van der Waals surface area (Å²) in [6, 6.07) is 11.5. The van der Waals surface area contributed by atoms with Gasteiger partial charge in [0.25, 0.3) is 0 Å². The summed E-state index contributed by atoms with van der Waals surface area (Å²) in [5.41, 5.74) is 2.98. The number of rotatable bonds is 5. The second-order valence-corrected chi connectivity index (χ2v) is 6.99. The SMILES string of the molecule is Cn1nc(-c2cccnc2)cc1CNC(=O)[C@H]1CC(=O)N(c2cccc(F)c2)C1. The van der Waals surface area contributed by atoms with Crippen LogP contribution in [0.5, 0.6) is 0 Å². The predicted molar refractivity (Wildman–Crippen MR) is 105 cm³/mol. The number of carbonyl (C=O) groups excluding carboxylic acids is 2. The molecule has 0 bridgehead atoms. The van der Waals surface area contributed by atoms with Crippen molar-refractivity contribution in [2.24, 2.45) is 13.0 Å². The maximum Gasteiger partial charge on any atom is 0.227 e. The third-order valence-corrected chi connectivity index (χ3v) is 4.99. The summed E-state index contributed by atoms with van der Waals surface area (Å²) in [5.74, 6) is -1.28. The van der Waals surface area contributed by atoms with Crippen molar-refractivity contribution in [1.82, 2.24) is 20.1 Å². The molecule has 3 aromatic rings. The van der Waals surface area contributed by atoms with Gasteiger partial charge in [-0.2, -0.15) is 5.10 Å². The number of halogens is 1. The highest BCUT2D eigenvalue weighted by Crippen LogP contribution is 2.26. The fourth-order valence-electron chi connectivity index (χ4n) is 3.43. The molecule has 29 heavy (non-hydrogen) atoms. The van der Waals surface area contributed by atoms with Gasteiger partial charge >= 0.3 is 0 Å². The molecule has 0 radical (unpaired) electrons. The van der Waals surface area contributed by atoms with Crippen molar-refractivity contribution in [3.05, 3.63) is 66.4 Å². The fraction of sp³-hybridized carbons (Fsp3) is 0.238. The van der Waals surface area contributed by atoms with Crippen LogP contribution in [-0.4, -0.2) is 33.1 Å².